The number of nitrogens with two attached hydrogens (primary N) is 1. The third kappa shape index (κ3) is 10.5. The fraction of sp³-hybridized carbons (Fsp3) is 0.500. The first-order valence-electron chi connectivity index (χ1n) is 7.73. The highest BCUT2D eigenvalue weighted by Crippen LogP contribution is 2.08. The molecule has 0 saturated carbocycles. The Bertz CT molecular complexity index is 641. The van der Waals surface area contributed by atoms with Crippen LogP contribution in [-0.4, -0.2) is 44.2 Å². The maximum Gasteiger partial charge on any atom is 0.322 e. The first-order chi connectivity index (χ1) is 11.6. The van der Waals surface area contributed by atoms with E-state index in [0.29, 0.717) is 13.2 Å². The van der Waals surface area contributed by atoms with E-state index in [1.165, 1.54) is 12.1 Å². The second-order valence-corrected chi connectivity index (χ2v) is 6.41. The second-order valence-electron chi connectivity index (χ2n) is 4.99. The van der Waals surface area contributed by atoms with Crippen LogP contribution >= 0.6 is 0 Å². The maximum atomic E-state index is 11.0. The van der Waals surface area contributed by atoms with Gasteiger partial charge in [0, 0.05) is 6.42 Å². The van der Waals surface area contributed by atoms with Gasteiger partial charge < -0.3 is 15.2 Å². The van der Waals surface area contributed by atoms with Crippen molar-refractivity contribution in [3.8, 4) is 0 Å². The number of aryl methyl sites for hydroxylation is 1. The maximum absolute atomic E-state index is 11.0. The highest BCUT2D eigenvalue weighted by Gasteiger charge is 2.16. The molecule has 3 N–H and O–H groups in total. The molecule has 0 bridgehead atoms. The molecular weight excluding hydrogens is 350 g/mol. The summed E-state index contributed by atoms with van der Waals surface area (Å²) in [6.07, 6.45) is 0.408. The summed E-state index contributed by atoms with van der Waals surface area (Å²) in [7, 11) is -4.02. The minimum Gasteiger partial charge on any atom is -0.466 e. The van der Waals surface area contributed by atoms with Gasteiger partial charge in [-0.2, -0.15) is 8.42 Å². The molecule has 8 nitrogen and oxygen atoms in total. The summed E-state index contributed by atoms with van der Waals surface area (Å²) in [5.41, 5.74) is 6.42. The van der Waals surface area contributed by atoms with E-state index < -0.39 is 22.1 Å². The van der Waals surface area contributed by atoms with Gasteiger partial charge >= 0.3 is 11.9 Å². The van der Waals surface area contributed by atoms with Crippen molar-refractivity contribution in [1.29, 1.82) is 0 Å². The normalized spacial score (nSPS) is 11.7. The van der Waals surface area contributed by atoms with Crippen LogP contribution in [0.1, 0.15) is 32.3 Å². The number of esters is 2. The molecule has 0 heterocycles. The highest BCUT2D eigenvalue weighted by molar-refractivity contribution is 7.85. The second kappa shape index (κ2) is 11.6. The van der Waals surface area contributed by atoms with Gasteiger partial charge in [0.15, 0.2) is 0 Å². The van der Waals surface area contributed by atoms with Crippen molar-refractivity contribution in [1.82, 2.24) is 0 Å². The number of hydrogen-bond donors (Lipinski definition) is 2. The molecule has 0 aromatic heterocycles. The van der Waals surface area contributed by atoms with Crippen molar-refractivity contribution < 1.29 is 32.0 Å². The van der Waals surface area contributed by atoms with E-state index in [9.17, 15) is 18.0 Å². The van der Waals surface area contributed by atoms with Crippen molar-refractivity contribution in [2.45, 2.75) is 44.6 Å². The van der Waals surface area contributed by atoms with Crippen molar-refractivity contribution in [3.05, 3.63) is 29.8 Å². The van der Waals surface area contributed by atoms with Crippen molar-refractivity contribution >= 4 is 22.1 Å². The zero-order valence-corrected chi connectivity index (χ0v) is 15.4. The minimum absolute atomic E-state index is 0.0666. The van der Waals surface area contributed by atoms with Crippen LogP contribution in [0.4, 0.5) is 0 Å². The van der Waals surface area contributed by atoms with Gasteiger partial charge in [-0.1, -0.05) is 17.7 Å². The molecule has 0 saturated heterocycles. The largest absolute Gasteiger partial charge is 0.466 e. The van der Waals surface area contributed by atoms with Crippen molar-refractivity contribution in [2.24, 2.45) is 5.73 Å². The molecule has 0 aliphatic heterocycles. The standard InChI is InChI=1S/C9H17NO4.C7H8O3S/c1-3-13-8(11)6-5-7(10)9(12)14-4-2;1-6-2-4-7(5-3-6)11(8,9)10/h7H,3-6,10H2,1-2H3;2-5H,1H3,(H,8,9,10)/t7-;/m1./s1. The predicted octanol–water partition coefficient (Wildman–Crippen LogP) is 1.46. The number of carbonyl (C=O) groups is 2. The lowest BCUT2D eigenvalue weighted by molar-refractivity contribution is -0.146. The van der Waals surface area contributed by atoms with Gasteiger partial charge in [0.1, 0.15) is 6.04 Å². The Hall–Kier alpha value is -1.97. The van der Waals surface area contributed by atoms with E-state index in [4.69, 9.17) is 10.3 Å². The molecule has 1 aromatic rings. The molecule has 0 fully saturated rings. The van der Waals surface area contributed by atoms with E-state index in [-0.39, 0.29) is 23.7 Å². The number of hydrogen-bond acceptors (Lipinski definition) is 7. The molecular formula is C16H25NO7S. The first kappa shape index (κ1) is 23.0. The van der Waals surface area contributed by atoms with Crippen molar-refractivity contribution in [2.75, 3.05) is 13.2 Å². The average Bonchev–Trinajstić information content (AvgIpc) is 2.53. The molecule has 1 rings (SSSR count). The SMILES string of the molecule is CCOC(=O)CC[C@@H](N)C(=O)OCC.Cc1ccc(S(=O)(=O)O)cc1. The quantitative estimate of drug-likeness (QED) is 0.540. The number of benzene rings is 1. The monoisotopic (exact) mass is 375 g/mol. The number of rotatable bonds is 7. The van der Waals surface area contributed by atoms with E-state index in [2.05, 4.69) is 9.47 Å². The Kier molecular flexibility index (Phi) is 10.7. The lowest BCUT2D eigenvalue weighted by atomic mass is 10.2. The minimum atomic E-state index is -4.02. The van der Waals surface area contributed by atoms with Crippen molar-refractivity contribution in [3.63, 3.8) is 0 Å². The van der Waals surface area contributed by atoms with Crippen LogP contribution < -0.4 is 5.73 Å². The third-order valence-electron chi connectivity index (χ3n) is 2.87. The Morgan fingerprint density at radius 1 is 1.12 bits per heavy atom. The lowest BCUT2D eigenvalue weighted by Crippen LogP contribution is -2.32. The summed E-state index contributed by atoms with van der Waals surface area (Å²) in [6, 6.07) is 5.25. The van der Waals surface area contributed by atoms with E-state index in [1.54, 1.807) is 26.0 Å². The molecule has 0 radical (unpaired) electrons. The smallest absolute Gasteiger partial charge is 0.322 e. The molecule has 9 heteroatoms. The Labute approximate surface area is 148 Å². The van der Waals surface area contributed by atoms with Crippen LogP contribution in [0.15, 0.2) is 29.2 Å². The van der Waals surface area contributed by atoms with Gasteiger partial charge in [-0.3, -0.25) is 14.1 Å². The average molecular weight is 375 g/mol. The molecule has 142 valence electrons. The zero-order chi connectivity index (χ0) is 19.5. The summed E-state index contributed by atoms with van der Waals surface area (Å²) >= 11 is 0. The molecule has 0 amide bonds. The van der Waals surface area contributed by atoms with Crippen LogP contribution in [0.5, 0.6) is 0 Å². The van der Waals surface area contributed by atoms with E-state index in [1.807, 2.05) is 6.92 Å². The molecule has 25 heavy (non-hydrogen) atoms. The van der Waals surface area contributed by atoms with E-state index >= 15 is 0 Å². The molecule has 0 aliphatic carbocycles. The van der Waals surface area contributed by atoms with Gasteiger partial charge in [-0.25, -0.2) is 0 Å². The fourth-order valence-electron chi connectivity index (χ4n) is 1.58. The Balaban J connectivity index is 0.000000472. The molecule has 0 spiro atoms. The van der Waals surface area contributed by atoms with Gasteiger partial charge in [0.05, 0.1) is 18.1 Å². The molecule has 1 aromatic carbocycles. The van der Waals surface area contributed by atoms with E-state index in [0.717, 1.165) is 5.56 Å². The zero-order valence-electron chi connectivity index (χ0n) is 14.6. The fourth-order valence-corrected chi connectivity index (χ4v) is 2.06. The topological polar surface area (TPSA) is 133 Å². The summed E-state index contributed by atoms with van der Waals surface area (Å²) in [4.78, 5) is 21.8. The van der Waals surface area contributed by atoms with Crippen LogP contribution in [0.25, 0.3) is 0 Å². The van der Waals surface area contributed by atoms with Crippen LogP contribution in [-0.2, 0) is 29.2 Å². The summed E-state index contributed by atoms with van der Waals surface area (Å²) in [5.74, 6) is -0.816. The van der Waals surface area contributed by atoms with Gasteiger partial charge in [0.25, 0.3) is 10.1 Å². The van der Waals surface area contributed by atoms with Crippen LogP contribution in [0, 0.1) is 6.92 Å². The lowest BCUT2D eigenvalue weighted by Gasteiger charge is -2.09. The highest BCUT2D eigenvalue weighted by atomic mass is 32.2. The van der Waals surface area contributed by atoms with Gasteiger partial charge in [-0.15, -0.1) is 0 Å². The summed E-state index contributed by atoms with van der Waals surface area (Å²) < 4.78 is 38.9. The Morgan fingerprint density at radius 3 is 2.08 bits per heavy atom. The van der Waals surface area contributed by atoms with Gasteiger partial charge in [-0.05, 0) is 39.3 Å². The molecule has 1 atom stereocenters. The van der Waals surface area contributed by atoms with Crippen LogP contribution in [0.3, 0.4) is 0 Å². The first-order valence-corrected chi connectivity index (χ1v) is 9.17. The summed E-state index contributed by atoms with van der Waals surface area (Å²) in [5, 5.41) is 0. The predicted molar refractivity (Wildman–Crippen MR) is 91.5 cm³/mol. The van der Waals surface area contributed by atoms with Gasteiger partial charge in [0.2, 0.25) is 0 Å². The molecule has 0 aliphatic rings. The number of ether oxygens (including phenoxy) is 2. The third-order valence-corrected chi connectivity index (χ3v) is 3.74. The summed E-state index contributed by atoms with van der Waals surface area (Å²) in [6.45, 7) is 5.91. The van der Waals surface area contributed by atoms with Crippen LogP contribution in [0.2, 0.25) is 0 Å². The number of carbonyl (C=O) groups excluding carboxylic acids is 2. The molecule has 0 unspecified atom stereocenters. The Morgan fingerprint density at radius 2 is 1.64 bits per heavy atom.